The molecule has 0 unspecified atom stereocenters. The van der Waals surface area contributed by atoms with E-state index in [1.165, 1.54) is 10.4 Å². The van der Waals surface area contributed by atoms with Crippen LogP contribution in [-0.2, 0) is 19.5 Å². The number of para-hydroxylation sites is 1. The first-order valence-corrected chi connectivity index (χ1v) is 10.7. The van der Waals surface area contributed by atoms with Crippen molar-refractivity contribution in [3.63, 3.8) is 0 Å². The molecule has 0 saturated carbocycles. The monoisotopic (exact) mass is 423 g/mol. The highest BCUT2D eigenvalue weighted by atomic mass is 35.5. The average molecular weight is 424 g/mol. The zero-order valence-electron chi connectivity index (χ0n) is 13.8. The number of sulfonamides is 1. The summed E-state index contributed by atoms with van der Waals surface area (Å²) < 4.78 is 39.1. The lowest BCUT2D eigenvalue weighted by atomic mass is 10.3. The fourth-order valence-electron chi connectivity index (χ4n) is 2.22. The molecule has 0 radical (unpaired) electrons. The van der Waals surface area contributed by atoms with Crippen molar-refractivity contribution in [1.29, 1.82) is 0 Å². The summed E-state index contributed by atoms with van der Waals surface area (Å²) in [4.78, 5) is -0.0280. The molecule has 138 valence electrons. The standard InChI is InChI=1S/C16H19Cl2NO4S2/c1-3-22-15(23-4-2)11-19(12-8-6-5-7-9-12)25(20,21)13-10-14(17)24-16(13)18/h5-10,15H,3-4,11H2,1-2H3. The van der Waals surface area contributed by atoms with E-state index in [0.29, 0.717) is 23.2 Å². The molecule has 0 fully saturated rings. The molecule has 0 amide bonds. The topological polar surface area (TPSA) is 55.8 Å². The van der Waals surface area contributed by atoms with E-state index in [1.807, 2.05) is 19.9 Å². The smallest absolute Gasteiger partial charge is 0.266 e. The van der Waals surface area contributed by atoms with Crippen LogP contribution in [0.2, 0.25) is 8.67 Å². The fraction of sp³-hybridized carbons (Fsp3) is 0.375. The van der Waals surface area contributed by atoms with Crippen LogP contribution in [0.4, 0.5) is 5.69 Å². The van der Waals surface area contributed by atoms with Crippen LogP contribution < -0.4 is 4.31 Å². The average Bonchev–Trinajstić information content (AvgIpc) is 2.93. The number of anilines is 1. The molecule has 0 spiro atoms. The molecule has 0 bridgehead atoms. The molecule has 2 rings (SSSR count). The van der Waals surface area contributed by atoms with Gasteiger partial charge in [0.25, 0.3) is 10.0 Å². The fourth-order valence-corrected chi connectivity index (χ4v) is 5.78. The third-order valence-electron chi connectivity index (χ3n) is 3.26. The van der Waals surface area contributed by atoms with E-state index in [-0.39, 0.29) is 15.8 Å². The maximum atomic E-state index is 13.2. The van der Waals surface area contributed by atoms with Crippen molar-refractivity contribution in [3.05, 3.63) is 45.1 Å². The molecule has 0 N–H and O–H groups in total. The number of benzene rings is 1. The van der Waals surface area contributed by atoms with E-state index < -0.39 is 16.3 Å². The number of rotatable bonds is 9. The van der Waals surface area contributed by atoms with Crippen molar-refractivity contribution in [2.75, 3.05) is 24.1 Å². The van der Waals surface area contributed by atoms with Gasteiger partial charge in [0.15, 0.2) is 6.29 Å². The van der Waals surface area contributed by atoms with Crippen LogP contribution in [0.3, 0.4) is 0 Å². The minimum absolute atomic E-state index is 0.00216. The van der Waals surface area contributed by atoms with Crippen LogP contribution in [-0.4, -0.2) is 34.5 Å². The second-order valence-electron chi connectivity index (χ2n) is 4.90. The van der Waals surface area contributed by atoms with Crippen molar-refractivity contribution >= 4 is 50.2 Å². The molecule has 0 aliphatic rings. The Morgan fingerprint density at radius 1 is 1.12 bits per heavy atom. The molecule has 0 atom stereocenters. The summed E-state index contributed by atoms with van der Waals surface area (Å²) in [6, 6.07) is 10.1. The second-order valence-corrected chi connectivity index (χ2v) is 9.02. The van der Waals surface area contributed by atoms with Gasteiger partial charge in [-0.05, 0) is 32.0 Å². The summed E-state index contributed by atoms with van der Waals surface area (Å²) in [5.41, 5.74) is 0.491. The molecule has 1 heterocycles. The molecule has 9 heteroatoms. The van der Waals surface area contributed by atoms with Gasteiger partial charge < -0.3 is 9.47 Å². The van der Waals surface area contributed by atoms with Crippen LogP contribution in [0.25, 0.3) is 0 Å². The molecule has 2 aromatic rings. The lowest BCUT2D eigenvalue weighted by Gasteiger charge is -2.28. The largest absolute Gasteiger partial charge is 0.351 e. The number of hydrogen-bond acceptors (Lipinski definition) is 5. The second kappa shape index (κ2) is 9.21. The lowest BCUT2D eigenvalue weighted by molar-refractivity contribution is -0.128. The molecular weight excluding hydrogens is 405 g/mol. The number of thiophene rings is 1. The highest BCUT2D eigenvalue weighted by Crippen LogP contribution is 2.37. The summed E-state index contributed by atoms with van der Waals surface area (Å²) in [5.74, 6) is 0. The molecule has 1 aromatic carbocycles. The van der Waals surface area contributed by atoms with Gasteiger partial charge in [0, 0.05) is 13.2 Å². The Balaban J connectivity index is 2.45. The molecule has 1 aromatic heterocycles. The zero-order chi connectivity index (χ0) is 18.4. The minimum atomic E-state index is -3.93. The maximum Gasteiger partial charge on any atom is 0.266 e. The maximum absolute atomic E-state index is 13.2. The SMILES string of the molecule is CCOC(CN(c1ccccc1)S(=O)(=O)c1cc(Cl)sc1Cl)OCC. The van der Waals surface area contributed by atoms with Crippen LogP contribution in [0.5, 0.6) is 0 Å². The van der Waals surface area contributed by atoms with Gasteiger partial charge >= 0.3 is 0 Å². The number of halogens is 2. The molecule has 5 nitrogen and oxygen atoms in total. The quantitative estimate of drug-likeness (QED) is 0.550. The Labute approximate surface area is 162 Å². The summed E-state index contributed by atoms with van der Waals surface area (Å²) in [6.07, 6.45) is -0.696. The van der Waals surface area contributed by atoms with E-state index in [0.717, 1.165) is 11.3 Å². The Bertz CT molecular complexity index is 775. The van der Waals surface area contributed by atoms with Gasteiger partial charge in [0.2, 0.25) is 0 Å². The summed E-state index contributed by atoms with van der Waals surface area (Å²) in [6.45, 7) is 4.44. The zero-order valence-corrected chi connectivity index (χ0v) is 17.0. The van der Waals surface area contributed by atoms with Gasteiger partial charge in [-0.3, -0.25) is 4.31 Å². The van der Waals surface area contributed by atoms with Crippen LogP contribution in [0, 0.1) is 0 Å². The van der Waals surface area contributed by atoms with Gasteiger partial charge in [-0.1, -0.05) is 41.4 Å². The van der Waals surface area contributed by atoms with E-state index in [2.05, 4.69) is 0 Å². The Hall–Kier alpha value is -0.830. The Morgan fingerprint density at radius 2 is 1.72 bits per heavy atom. The van der Waals surface area contributed by atoms with Crippen molar-refractivity contribution < 1.29 is 17.9 Å². The highest BCUT2D eigenvalue weighted by molar-refractivity contribution is 7.93. The van der Waals surface area contributed by atoms with Gasteiger partial charge in [-0.25, -0.2) is 8.42 Å². The number of nitrogens with zero attached hydrogens (tertiary/aromatic N) is 1. The highest BCUT2D eigenvalue weighted by Gasteiger charge is 2.31. The molecule has 0 saturated heterocycles. The summed E-state index contributed by atoms with van der Waals surface area (Å²) in [7, 11) is -3.93. The molecule has 0 aliphatic heterocycles. The minimum Gasteiger partial charge on any atom is -0.351 e. The molecular formula is C16H19Cl2NO4S2. The lowest BCUT2D eigenvalue weighted by Crippen LogP contribution is -2.40. The van der Waals surface area contributed by atoms with Gasteiger partial charge in [0.1, 0.15) is 9.23 Å². The van der Waals surface area contributed by atoms with Crippen molar-refractivity contribution in [1.82, 2.24) is 0 Å². The van der Waals surface area contributed by atoms with Crippen molar-refractivity contribution in [2.24, 2.45) is 0 Å². The van der Waals surface area contributed by atoms with Crippen LogP contribution >= 0.6 is 34.5 Å². The summed E-state index contributed by atoms with van der Waals surface area (Å²) in [5, 5.41) is 0. The summed E-state index contributed by atoms with van der Waals surface area (Å²) >= 11 is 13.0. The van der Waals surface area contributed by atoms with E-state index in [9.17, 15) is 8.42 Å². The number of hydrogen-bond donors (Lipinski definition) is 0. The molecule has 0 aliphatic carbocycles. The van der Waals surface area contributed by atoms with E-state index in [4.69, 9.17) is 32.7 Å². The first kappa shape index (κ1) is 20.5. The third-order valence-corrected chi connectivity index (χ3v) is 6.80. The normalized spacial score (nSPS) is 11.9. The van der Waals surface area contributed by atoms with E-state index >= 15 is 0 Å². The van der Waals surface area contributed by atoms with Gasteiger partial charge in [-0.2, -0.15) is 0 Å². The first-order valence-electron chi connectivity index (χ1n) is 7.66. The number of ether oxygens (including phenoxy) is 2. The van der Waals surface area contributed by atoms with Crippen molar-refractivity contribution in [2.45, 2.75) is 25.0 Å². The first-order chi connectivity index (χ1) is 11.9. The van der Waals surface area contributed by atoms with Crippen molar-refractivity contribution in [3.8, 4) is 0 Å². The Morgan fingerprint density at radius 3 is 2.20 bits per heavy atom. The third kappa shape index (κ3) is 5.09. The van der Waals surface area contributed by atoms with Crippen LogP contribution in [0.1, 0.15) is 13.8 Å². The predicted molar refractivity (Wildman–Crippen MR) is 102 cm³/mol. The predicted octanol–water partition coefficient (Wildman–Crippen LogP) is 4.65. The molecule has 25 heavy (non-hydrogen) atoms. The van der Waals surface area contributed by atoms with Gasteiger partial charge in [-0.15, -0.1) is 11.3 Å². The van der Waals surface area contributed by atoms with E-state index in [1.54, 1.807) is 24.3 Å². The van der Waals surface area contributed by atoms with Crippen LogP contribution in [0.15, 0.2) is 41.3 Å². The van der Waals surface area contributed by atoms with Gasteiger partial charge in [0.05, 0.1) is 16.6 Å². The Kier molecular flexibility index (Phi) is 7.54.